The van der Waals surface area contributed by atoms with Gasteiger partial charge in [0.15, 0.2) is 0 Å². The second-order valence-electron chi connectivity index (χ2n) is 7.27. The van der Waals surface area contributed by atoms with E-state index in [0.717, 1.165) is 41.8 Å². The van der Waals surface area contributed by atoms with Gasteiger partial charge in [0.1, 0.15) is 5.52 Å². The first kappa shape index (κ1) is 21.9. The molecule has 1 aliphatic rings. The number of nitrogens with zero attached hydrogens (tertiary/aromatic N) is 2. The molecule has 0 saturated carbocycles. The van der Waals surface area contributed by atoms with E-state index in [9.17, 15) is 9.59 Å². The molecule has 0 radical (unpaired) electrons. The van der Waals surface area contributed by atoms with Crippen LogP contribution < -0.4 is 10.2 Å². The maximum Gasteiger partial charge on any atom is 0.338 e. The van der Waals surface area contributed by atoms with Crippen LogP contribution in [0.5, 0.6) is 0 Å². The van der Waals surface area contributed by atoms with Gasteiger partial charge in [-0.25, -0.2) is 9.78 Å². The summed E-state index contributed by atoms with van der Waals surface area (Å²) in [5, 5.41) is 3.90. The summed E-state index contributed by atoms with van der Waals surface area (Å²) < 4.78 is 6.13. The molecular weight excluding hydrogens is 457 g/mol. The molecule has 0 atom stereocenters. The van der Waals surface area contributed by atoms with Crippen LogP contribution in [0.15, 0.2) is 35.8 Å². The van der Waals surface area contributed by atoms with E-state index in [2.05, 4.69) is 15.2 Å². The van der Waals surface area contributed by atoms with Gasteiger partial charge in [0.2, 0.25) is 0 Å². The first-order valence-corrected chi connectivity index (χ1v) is 11.6. The monoisotopic (exact) mass is 477 g/mol. The highest BCUT2D eigenvalue weighted by Crippen LogP contribution is 2.32. The third kappa shape index (κ3) is 4.79. The Balaban J connectivity index is 1.46. The van der Waals surface area contributed by atoms with Gasteiger partial charge in [0.25, 0.3) is 5.91 Å². The predicted octanol–water partition coefficient (Wildman–Crippen LogP) is 5.18. The van der Waals surface area contributed by atoms with Gasteiger partial charge >= 0.3 is 5.97 Å². The van der Waals surface area contributed by atoms with Crippen molar-refractivity contribution in [2.75, 3.05) is 24.6 Å². The van der Waals surface area contributed by atoms with Crippen molar-refractivity contribution in [1.29, 1.82) is 0 Å². The van der Waals surface area contributed by atoms with Crippen molar-refractivity contribution in [3.63, 3.8) is 0 Å². The molecular formula is C22H21Cl2N3O3S. The summed E-state index contributed by atoms with van der Waals surface area (Å²) >= 11 is 13.6. The van der Waals surface area contributed by atoms with Crippen LogP contribution >= 0.6 is 34.5 Å². The maximum absolute atomic E-state index is 12.6. The van der Waals surface area contributed by atoms with Gasteiger partial charge in [-0.3, -0.25) is 4.79 Å². The minimum Gasteiger partial charge on any atom is -0.462 e. The lowest BCUT2D eigenvalue weighted by atomic mass is 10.0. The zero-order valence-corrected chi connectivity index (χ0v) is 19.2. The number of carbonyl (C=O) groups is 2. The smallest absolute Gasteiger partial charge is 0.338 e. The fraction of sp³-hybridized carbons (Fsp3) is 0.318. The average Bonchev–Trinajstić information content (AvgIpc) is 3.22. The molecule has 1 aromatic heterocycles. The van der Waals surface area contributed by atoms with Gasteiger partial charge in [-0.05, 0) is 50.1 Å². The number of amides is 1. The highest BCUT2D eigenvalue weighted by atomic mass is 35.5. The molecule has 0 bridgehead atoms. The van der Waals surface area contributed by atoms with Gasteiger partial charge in [0, 0.05) is 24.2 Å². The van der Waals surface area contributed by atoms with E-state index < -0.39 is 0 Å². The van der Waals surface area contributed by atoms with Crippen LogP contribution in [0, 0.1) is 0 Å². The summed E-state index contributed by atoms with van der Waals surface area (Å²) in [4.78, 5) is 31.6. The highest BCUT2D eigenvalue weighted by molar-refractivity contribution is 7.16. The van der Waals surface area contributed by atoms with Crippen LogP contribution in [0.2, 0.25) is 10.0 Å². The molecule has 3 aromatic rings. The number of hydrogen-bond donors (Lipinski definition) is 1. The Hall–Kier alpha value is -2.35. The van der Waals surface area contributed by atoms with Crippen molar-refractivity contribution in [2.24, 2.45) is 0 Å². The van der Waals surface area contributed by atoms with Crippen LogP contribution in [0.25, 0.3) is 10.2 Å². The second-order valence-corrected chi connectivity index (χ2v) is 9.00. The third-order valence-corrected chi connectivity index (χ3v) is 6.60. The summed E-state index contributed by atoms with van der Waals surface area (Å²) in [5.74, 6) is -0.535. The third-order valence-electron chi connectivity index (χ3n) is 5.27. The average molecular weight is 478 g/mol. The number of halogens is 2. The number of hydrogen-bond acceptors (Lipinski definition) is 6. The molecule has 162 valence electrons. The zero-order valence-electron chi connectivity index (χ0n) is 16.9. The first-order chi connectivity index (χ1) is 15.0. The molecule has 1 saturated heterocycles. The minimum atomic E-state index is -0.332. The molecule has 1 fully saturated rings. The lowest BCUT2D eigenvalue weighted by Gasteiger charge is -2.34. The van der Waals surface area contributed by atoms with E-state index in [0.29, 0.717) is 27.8 Å². The Labute approximate surface area is 194 Å². The van der Waals surface area contributed by atoms with Gasteiger partial charge in [-0.15, -0.1) is 11.3 Å². The van der Waals surface area contributed by atoms with Crippen LogP contribution in [0.4, 0.5) is 5.69 Å². The van der Waals surface area contributed by atoms with Crippen molar-refractivity contribution in [3.05, 3.63) is 57.0 Å². The number of nitrogens with one attached hydrogen (secondary N) is 1. The standard InChI is InChI=1S/C22H21Cl2N3O3S/c1-2-30-22(29)13-9-18(20-19(10-13)31-12-25-20)27-7-5-15(6-8-27)26-21(28)16-4-3-14(23)11-17(16)24/h3-4,9-12,15H,2,5-8H2,1H3,(H,26,28). The van der Waals surface area contributed by atoms with Crippen molar-refractivity contribution in [1.82, 2.24) is 10.3 Å². The molecule has 4 rings (SSSR count). The van der Waals surface area contributed by atoms with E-state index in [1.165, 1.54) is 11.3 Å². The van der Waals surface area contributed by atoms with Gasteiger partial charge in [0.05, 0.1) is 38.7 Å². The molecule has 6 nitrogen and oxygen atoms in total. The quantitative estimate of drug-likeness (QED) is 0.512. The van der Waals surface area contributed by atoms with E-state index in [1.807, 2.05) is 12.1 Å². The first-order valence-electron chi connectivity index (χ1n) is 10.0. The SMILES string of the molecule is CCOC(=O)c1cc(N2CCC(NC(=O)c3ccc(Cl)cc3Cl)CC2)c2ncsc2c1. The summed E-state index contributed by atoms with van der Waals surface area (Å²) in [5.41, 5.74) is 4.54. The zero-order chi connectivity index (χ0) is 22.0. The fourth-order valence-corrected chi connectivity index (χ4v) is 4.95. The second kappa shape index (κ2) is 9.42. The normalized spacial score (nSPS) is 14.6. The minimum absolute atomic E-state index is 0.0367. The summed E-state index contributed by atoms with van der Waals surface area (Å²) in [7, 11) is 0. The maximum atomic E-state index is 12.6. The molecule has 0 spiro atoms. The van der Waals surface area contributed by atoms with Crippen molar-refractivity contribution < 1.29 is 14.3 Å². The Morgan fingerprint density at radius 2 is 2.00 bits per heavy atom. The largest absolute Gasteiger partial charge is 0.462 e. The molecule has 31 heavy (non-hydrogen) atoms. The number of thiazole rings is 1. The lowest BCUT2D eigenvalue weighted by molar-refractivity contribution is 0.0526. The Morgan fingerprint density at radius 3 is 2.71 bits per heavy atom. The highest BCUT2D eigenvalue weighted by Gasteiger charge is 2.25. The number of anilines is 1. The fourth-order valence-electron chi connectivity index (χ4n) is 3.72. The Kier molecular flexibility index (Phi) is 6.65. The number of benzene rings is 2. The topological polar surface area (TPSA) is 71.5 Å². The van der Waals surface area contributed by atoms with Gasteiger partial charge < -0.3 is 15.0 Å². The molecule has 0 aliphatic carbocycles. The van der Waals surface area contributed by atoms with E-state index >= 15 is 0 Å². The lowest BCUT2D eigenvalue weighted by Crippen LogP contribution is -2.44. The number of fused-ring (bicyclic) bond motifs is 1. The Morgan fingerprint density at radius 1 is 1.23 bits per heavy atom. The molecule has 0 unspecified atom stereocenters. The number of piperidine rings is 1. The number of rotatable bonds is 5. The van der Waals surface area contributed by atoms with E-state index in [-0.39, 0.29) is 17.9 Å². The van der Waals surface area contributed by atoms with Crippen LogP contribution in [0.1, 0.15) is 40.5 Å². The van der Waals surface area contributed by atoms with Crippen molar-refractivity contribution in [2.45, 2.75) is 25.8 Å². The number of esters is 1. The van der Waals surface area contributed by atoms with E-state index in [1.54, 1.807) is 30.6 Å². The van der Waals surface area contributed by atoms with Crippen LogP contribution in [-0.4, -0.2) is 42.6 Å². The molecule has 1 N–H and O–H groups in total. The van der Waals surface area contributed by atoms with Gasteiger partial charge in [-0.2, -0.15) is 0 Å². The molecule has 1 aliphatic heterocycles. The number of carbonyl (C=O) groups excluding carboxylic acids is 2. The van der Waals surface area contributed by atoms with Crippen molar-refractivity contribution in [3.8, 4) is 0 Å². The summed E-state index contributed by atoms with van der Waals surface area (Å²) in [6, 6.07) is 8.57. The molecule has 2 aromatic carbocycles. The van der Waals surface area contributed by atoms with Crippen molar-refractivity contribution >= 4 is 62.3 Å². The summed E-state index contributed by atoms with van der Waals surface area (Å²) in [6.45, 7) is 3.59. The molecule has 9 heteroatoms. The Bertz CT molecular complexity index is 1130. The van der Waals surface area contributed by atoms with E-state index in [4.69, 9.17) is 27.9 Å². The van der Waals surface area contributed by atoms with Crippen LogP contribution in [0.3, 0.4) is 0 Å². The number of aromatic nitrogens is 1. The molecule has 2 heterocycles. The predicted molar refractivity (Wildman–Crippen MR) is 125 cm³/mol. The van der Waals surface area contributed by atoms with Gasteiger partial charge in [-0.1, -0.05) is 23.2 Å². The number of ether oxygens (including phenoxy) is 1. The molecule has 1 amide bonds. The summed E-state index contributed by atoms with van der Waals surface area (Å²) in [6.07, 6.45) is 1.54. The van der Waals surface area contributed by atoms with Crippen LogP contribution in [-0.2, 0) is 4.74 Å².